The lowest BCUT2D eigenvalue weighted by atomic mass is 9.84. The maximum atomic E-state index is 11.5. The van der Waals surface area contributed by atoms with Gasteiger partial charge in [-0.1, -0.05) is 19.0 Å². The van der Waals surface area contributed by atoms with Crippen LogP contribution >= 0.6 is 0 Å². The van der Waals surface area contributed by atoms with Crippen LogP contribution in [0.5, 0.6) is 0 Å². The molecule has 5 nitrogen and oxygen atoms in total. The number of aromatic nitrogens is 1. The average molecular weight is 225 g/mol. The molecule has 0 fully saturated rings. The molecule has 1 rings (SSSR count). The summed E-state index contributed by atoms with van der Waals surface area (Å²) in [4.78, 5) is 11.5. The number of nitrogens with one attached hydrogen (secondary N) is 1. The molecule has 1 aromatic rings. The Morgan fingerprint density at radius 2 is 2.31 bits per heavy atom. The van der Waals surface area contributed by atoms with Crippen molar-refractivity contribution in [2.24, 2.45) is 11.1 Å². The lowest BCUT2D eigenvalue weighted by Crippen LogP contribution is -2.20. The van der Waals surface area contributed by atoms with E-state index in [1.165, 1.54) is 12.5 Å². The van der Waals surface area contributed by atoms with E-state index < -0.39 is 0 Å². The van der Waals surface area contributed by atoms with Gasteiger partial charge in [0.25, 0.3) is 0 Å². The number of nitrogens with two attached hydrogens (primary N) is 1. The zero-order chi connectivity index (χ0) is 12.0. The Balaban J connectivity index is 2.30. The van der Waals surface area contributed by atoms with Gasteiger partial charge in [0.1, 0.15) is 12.0 Å². The highest BCUT2D eigenvalue weighted by atomic mass is 16.5. The highest BCUT2D eigenvalue weighted by Crippen LogP contribution is 2.25. The highest BCUT2D eigenvalue weighted by molar-refractivity contribution is 5.90. The third kappa shape index (κ3) is 4.44. The van der Waals surface area contributed by atoms with E-state index in [4.69, 9.17) is 5.73 Å². The fourth-order valence-corrected chi connectivity index (χ4v) is 1.46. The predicted molar refractivity (Wildman–Crippen MR) is 61.8 cm³/mol. The monoisotopic (exact) mass is 225 g/mol. The molecular weight excluding hydrogens is 206 g/mol. The van der Waals surface area contributed by atoms with Crippen molar-refractivity contribution < 1.29 is 9.32 Å². The zero-order valence-corrected chi connectivity index (χ0v) is 9.82. The van der Waals surface area contributed by atoms with Crippen LogP contribution in [0.15, 0.2) is 17.0 Å². The fourth-order valence-electron chi connectivity index (χ4n) is 1.46. The molecule has 0 radical (unpaired) electrons. The normalized spacial score (nSPS) is 11.4. The number of hydrogen-bond donors (Lipinski definition) is 2. The fraction of sp³-hybridized carbons (Fsp3) is 0.636. The minimum Gasteiger partial charge on any atom is -0.363 e. The third-order valence-corrected chi connectivity index (χ3v) is 2.57. The Kier molecular flexibility index (Phi) is 4.49. The van der Waals surface area contributed by atoms with Crippen molar-refractivity contribution in [3.63, 3.8) is 0 Å². The van der Waals surface area contributed by atoms with E-state index in [0.717, 1.165) is 12.8 Å². The maximum Gasteiger partial charge on any atom is 0.224 e. The maximum absolute atomic E-state index is 11.5. The van der Waals surface area contributed by atoms with Crippen molar-refractivity contribution in [3.8, 4) is 0 Å². The topological polar surface area (TPSA) is 81.2 Å². The number of hydrogen-bond acceptors (Lipinski definition) is 4. The van der Waals surface area contributed by atoms with Crippen LogP contribution in [0, 0.1) is 5.41 Å². The molecule has 0 saturated carbocycles. The van der Waals surface area contributed by atoms with Crippen molar-refractivity contribution in [3.05, 3.63) is 12.5 Å². The van der Waals surface area contributed by atoms with Gasteiger partial charge in [0.05, 0.1) is 6.20 Å². The molecule has 0 aliphatic heterocycles. The molecule has 0 spiro atoms. The van der Waals surface area contributed by atoms with E-state index >= 15 is 0 Å². The number of amides is 1. The van der Waals surface area contributed by atoms with Gasteiger partial charge in [-0.3, -0.25) is 4.79 Å². The van der Waals surface area contributed by atoms with E-state index in [0.29, 0.717) is 18.7 Å². The number of nitrogens with zero attached hydrogens (tertiary/aromatic N) is 1. The van der Waals surface area contributed by atoms with Crippen LogP contribution in [0.3, 0.4) is 0 Å². The molecule has 1 aromatic heterocycles. The molecule has 0 bridgehead atoms. The summed E-state index contributed by atoms with van der Waals surface area (Å²) in [5.41, 5.74) is 6.22. The van der Waals surface area contributed by atoms with E-state index in [-0.39, 0.29) is 11.3 Å². The van der Waals surface area contributed by atoms with Crippen LogP contribution < -0.4 is 11.1 Å². The SMILES string of the molecule is CC(C)(CCN)CCC(=O)Nc1cnoc1. The van der Waals surface area contributed by atoms with Gasteiger partial charge in [0.15, 0.2) is 0 Å². The highest BCUT2D eigenvalue weighted by Gasteiger charge is 2.18. The molecule has 16 heavy (non-hydrogen) atoms. The second-order valence-electron chi connectivity index (χ2n) is 4.66. The third-order valence-electron chi connectivity index (χ3n) is 2.57. The van der Waals surface area contributed by atoms with Gasteiger partial charge in [-0.2, -0.15) is 0 Å². The first-order valence-electron chi connectivity index (χ1n) is 5.43. The predicted octanol–water partition coefficient (Wildman–Crippen LogP) is 1.77. The van der Waals surface area contributed by atoms with Crippen molar-refractivity contribution in [1.82, 2.24) is 5.16 Å². The average Bonchev–Trinajstić information content (AvgIpc) is 2.68. The van der Waals surface area contributed by atoms with Gasteiger partial charge >= 0.3 is 0 Å². The number of carbonyl (C=O) groups excluding carboxylic acids is 1. The number of carbonyl (C=O) groups is 1. The van der Waals surface area contributed by atoms with E-state index in [2.05, 4.69) is 28.8 Å². The molecular formula is C11H19N3O2. The van der Waals surface area contributed by atoms with Gasteiger partial charge in [-0.15, -0.1) is 0 Å². The second-order valence-corrected chi connectivity index (χ2v) is 4.66. The summed E-state index contributed by atoms with van der Waals surface area (Å²) in [6.45, 7) is 4.89. The Bertz CT molecular complexity index is 320. The zero-order valence-electron chi connectivity index (χ0n) is 9.82. The summed E-state index contributed by atoms with van der Waals surface area (Å²) in [6, 6.07) is 0. The number of rotatable bonds is 6. The van der Waals surface area contributed by atoms with Crippen LogP contribution in [-0.2, 0) is 4.79 Å². The summed E-state index contributed by atoms with van der Waals surface area (Å²) < 4.78 is 4.62. The Labute approximate surface area is 95.4 Å². The van der Waals surface area contributed by atoms with Gasteiger partial charge in [0.2, 0.25) is 5.91 Å². The van der Waals surface area contributed by atoms with Crippen molar-refractivity contribution in [2.45, 2.75) is 33.1 Å². The van der Waals surface area contributed by atoms with Crippen LogP contribution in [0.25, 0.3) is 0 Å². The van der Waals surface area contributed by atoms with E-state index in [9.17, 15) is 4.79 Å². The minimum absolute atomic E-state index is 0.0201. The van der Waals surface area contributed by atoms with Crippen LogP contribution in [0.4, 0.5) is 5.69 Å². The smallest absolute Gasteiger partial charge is 0.224 e. The molecule has 90 valence electrons. The lowest BCUT2D eigenvalue weighted by molar-refractivity contribution is -0.116. The molecule has 3 N–H and O–H groups in total. The quantitative estimate of drug-likeness (QED) is 0.773. The molecule has 0 saturated heterocycles. The van der Waals surface area contributed by atoms with E-state index in [1.54, 1.807) is 0 Å². The van der Waals surface area contributed by atoms with Gasteiger partial charge in [0, 0.05) is 6.42 Å². The van der Waals surface area contributed by atoms with Crippen molar-refractivity contribution in [2.75, 3.05) is 11.9 Å². The molecule has 0 aromatic carbocycles. The standard InChI is InChI=1S/C11H19N3O2/c1-11(2,5-6-12)4-3-10(15)14-9-7-13-16-8-9/h7-8H,3-6,12H2,1-2H3,(H,14,15). The first-order chi connectivity index (χ1) is 7.53. The van der Waals surface area contributed by atoms with Crippen LogP contribution in [-0.4, -0.2) is 17.6 Å². The Hall–Kier alpha value is -1.36. The first-order valence-corrected chi connectivity index (χ1v) is 5.43. The minimum atomic E-state index is -0.0201. The molecule has 0 aliphatic rings. The molecule has 1 amide bonds. The second kappa shape index (κ2) is 5.65. The van der Waals surface area contributed by atoms with Crippen LogP contribution in [0.2, 0.25) is 0 Å². The van der Waals surface area contributed by atoms with Crippen molar-refractivity contribution in [1.29, 1.82) is 0 Å². The molecule has 0 atom stereocenters. The summed E-state index contributed by atoms with van der Waals surface area (Å²) in [5.74, 6) is -0.0201. The first kappa shape index (κ1) is 12.7. The summed E-state index contributed by atoms with van der Waals surface area (Å²) in [7, 11) is 0. The van der Waals surface area contributed by atoms with Gasteiger partial charge < -0.3 is 15.6 Å². The molecule has 0 aliphatic carbocycles. The van der Waals surface area contributed by atoms with Gasteiger partial charge in [-0.05, 0) is 24.8 Å². The number of anilines is 1. The summed E-state index contributed by atoms with van der Waals surface area (Å²) in [5, 5.41) is 6.22. The largest absolute Gasteiger partial charge is 0.363 e. The van der Waals surface area contributed by atoms with E-state index in [1.807, 2.05) is 0 Å². The Morgan fingerprint density at radius 3 is 2.88 bits per heavy atom. The Morgan fingerprint density at radius 1 is 1.56 bits per heavy atom. The lowest BCUT2D eigenvalue weighted by Gasteiger charge is -2.23. The molecule has 1 heterocycles. The summed E-state index contributed by atoms with van der Waals surface area (Å²) in [6.07, 6.45) is 5.11. The van der Waals surface area contributed by atoms with Crippen molar-refractivity contribution >= 4 is 11.6 Å². The molecule has 0 unspecified atom stereocenters. The van der Waals surface area contributed by atoms with Gasteiger partial charge in [-0.25, -0.2) is 0 Å². The summed E-state index contributed by atoms with van der Waals surface area (Å²) >= 11 is 0. The van der Waals surface area contributed by atoms with Crippen LogP contribution in [0.1, 0.15) is 33.1 Å². The molecule has 5 heteroatoms.